The molecule has 0 N–H and O–H groups in total. The van der Waals surface area contributed by atoms with Crippen LogP contribution in [0.15, 0.2) is 42.5 Å². The second-order valence-corrected chi connectivity index (χ2v) is 21.9. The second kappa shape index (κ2) is 14.7. The molecule has 0 heterocycles. The summed E-state index contributed by atoms with van der Waals surface area (Å²) in [7, 11) is 0. The van der Waals surface area contributed by atoms with Gasteiger partial charge in [-0.05, 0) is 0 Å². The predicted octanol–water partition coefficient (Wildman–Crippen LogP) is 8.00. The van der Waals surface area contributed by atoms with Gasteiger partial charge >= 0.3 is 168 Å². The molecule has 0 bridgehead atoms. The van der Waals surface area contributed by atoms with E-state index >= 15 is 0 Å². The van der Waals surface area contributed by atoms with E-state index in [1.807, 2.05) is 0 Å². The molecule has 0 aliphatic heterocycles. The molecule has 1 aromatic rings. The topological polar surface area (TPSA) is 9.23 Å². The van der Waals surface area contributed by atoms with Crippen LogP contribution in [0, 0.1) is 0 Å². The molecule has 0 saturated carbocycles. The summed E-state index contributed by atoms with van der Waals surface area (Å²) in [6.07, 6.45) is 9.44. The molecule has 0 aliphatic rings. The van der Waals surface area contributed by atoms with Gasteiger partial charge in [-0.1, -0.05) is 0 Å². The van der Waals surface area contributed by atoms with E-state index in [0.717, 1.165) is 19.6 Å². The van der Waals surface area contributed by atoms with Gasteiger partial charge in [0.15, 0.2) is 0 Å². The van der Waals surface area contributed by atoms with Crippen molar-refractivity contribution < 1.29 is 4.74 Å². The van der Waals surface area contributed by atoms with Crippen LogP contribution in [0.3, 0.4) is 0 Å². The van der Waals surface area contributed by atoms with Gasteiger partial charge in [-0.15, -0.1) is 0 Å². The van der Waals surface area contributed by atoms with Gasteiger partial charge in [0, 0.05) is 0 Å². The van der Waals surface area contributed by atoms with Gasteiger partial charge in [0.05, 0.1) is 0 Å². The van der Waals surface area contributed by atoms with Crippen LogP contribution in [0.5, 0.6) is 0 Å². The maximum absolute atomic E-state index is 5.91. The van der Waals surface area contributed by atoms with E-state index in [-0.39, 0.29) is 0 Å². The fourth-order valence-electron chi connectivity index (χ4n) is 3.89. The summed E-state index contributed by atoms with van der Waals surface area (Å²) in [5.74, 6) is 0. The Morgan fingerprint density at radius 1 is 0.885 bits per heavy atom. The molecule has 0 aromatic heterocycles. The normalized spacial score (nSPS) is 11.7. The van der Waals surface area contributed by atoms with Crippen LogP contribution in [-0.4, -0.2) is 25.0 Å². The molecule has 26 heavy (non-hydrogen) atoms. The third kappa shape index (κ3) is 10.2. The standard InChI is InChI=1S/C12H15O.3C4H9.Sn/c1-11(2)8-9-13-10-12-6-4-3-5-7-12;3*1-3-4-2;/h3-7H,1-2,8-10H2;3*1,3-4H2,2H3;. The first-order chi connectivity index (χ1) is 12.7. The molecule has 0 spiro atoms. The molecule has 1 rings (SSSR count). The Balaban J connectivity index is 2.50. The molecule has 0 aliphatic carbocycles. The SMILES string of the molecule is C=C(CCOCc1ccccc1)[CH2][Sn]([CH2]CCC)([CH2]CCC)[CH2]CCC. The van der Waals surface area contributed by atoms with E-state index in [0.29, 0.717) is 0 Å². The quantitative estimate of drug-likeness (QED) is 0.137. The van der Waals surface area contributed by atoms with Crippen molar-refractivity contribution in [1.29, 1.82) is 0 Å². The van der Waals surface area contributed by atoms with Crippen LogP contribution in [0.4, 0.5) is 0 Å². The van der Waals surface area contributed by atoms with Crippen LogP contribution >= 0.6 is 0 Å². The van der Waals surface area contributed by atoms with E-state index in [9.17, 15) is 0 Å². The van der Waals surface area contributed by atoms with Crippen LogP contribution < -0.4 is 0 Å². The molecule has 0 amide bonds. The number of benzene rings is 1. The molecule has 0 saturated heterocycles. The molecule has 0 radical (unpaired) electrons. The summed E-state index contributed by atoms with van der Waals surface area (Å²) in [6.45, 7) is 13.1. The Kier molecular flexibility index (Phi) is 13.5. The zero-order chi connectivity index (χ0) is 19.1. The molecule has 1 aromatic carbocycles. The Morgan fingerprint density at radius 2 is 1.42 bits per heavy atom. The molecule has 0 atom stereocenters. The summed E-state index contributed by atoms with van der Waals surface area (Å²) < 4.78 is 12.1. The maximum atomic E-state index is 5.91. The fraction of sp³-hybridized carbons (Fsp3) is 0.667. The van der Waals surface area contributed by atoms with Crippen LogP contribution in [0.2, 0.25) is 17.7 Å². The first-order valence-corrected chi connectivity index (χ1v) is 19.0. The molecule has 0 fully saturated rings. The van der Waals surface area contributed by atoms with Crippen molar-refractivity contribution in [1.82, 2.24) is 0 Å². The average Bonchev–Trinajstić information content (AvgIpc) is 2.67. The van der Waals surface area contributed by atoms with Crippen molar-refractivity contribution >= 4 is 18.4 Å². The van der Waals surface area contributed by atoms with Crippen molar-refractivity contribution in [3.05, 3.63) is 48.0 Å². The summed E-state index contributed by atoms with van der Waals surface area (Å²) in [4.78, 5) is 0. The van der Waals surface area contributed by atoms with Crippen LogP contribution in [0.1, 0.15) is 71.3 Å². The van der Waals surface area contributed by atoms with Gasteiger partial charge in [-0.25, -0.2) is 0 Å². The van der Waals surface area contributed by atoms with Gasteiger partial charge in [0.25, 0.3) is 0 Å². The number of ether oxygens (including phenoxy) is 1. The van der Waals surface area contributed by atoms with E-state index in [2.05, 4.69) is 57.7 Å². The number of rotatable bonds is 16. The van der Waals surface area contributed by atoms with E-state index < -0.39 is 18.4 Å². The molecule has 148 valence electrons. The van der Waals surface area contributed by atoms with Crippen molar-refractivity contribution in [3.8, 4) is 0 Å². The second-order valence-electron chi connectivity index (χ2n) is 8.03. The predicted molar refractivity (Wildman–Crippen MR) is 120 cm³/mol. The minimum atomic E-state index is -2.06. The van der Waals surface area contributed by atoms with Gasteiger partial charge < -0.3 is 0 Å². The third-order valence-corrected chi connectivity index (χ3v) is 21.2. The first kappa shape index (κ1) is 23.8. The minimum absolute atomic E-state index is 0.726. The molecule has 2 heteroatoms. The van der Waals surface area contributed by atoms with E-state index in [1.54, 1.807) is 13.3 Å². The first-order valence-electron chi connectivity index (χ1n) is 10.9. The van der Waals surface area contributed by atoms with Gasteiger partial charge in [-0.3, -0.25) is 0 Å². The Labute approximate surface area is 167 Å². The van der Waals surface area contributed by atoms with Crippen molar-refractivity contribution in [2.75, 3.05) is 6.61 Å². The fourth-order valence-corrected chi connectivity index (χ4v) is 20.5. The zero-order valence-corrected chi connectivity index (χ0v) is 20.5. The van der Waals surface area contributed by atoms with Crippen molar-refractivity contribution in [3.63, 3.8) is 0 Å². The van der Waals surface area contributed by atoms with Gasteiger partial charge in [-0.2, -0.15) is 0 Å². The number of hydrogen-bond acceptors (Lipinski definition) is 1. The molecular formula is C24H42OSn. The summed E-state index contributed by atoms with van der Waals surface area (Å²) in [5, 5.41) is 0. The third-order valence-electron chi connectivity index (χ3n) is 5.52. The zero-order valence-electron chi connectivity index (χ0n) is 17.7. The van der Waals surface area contributed by atoms with Crippen molar-refractivity contribution in [2.45, 2.75) is 90.1 Å². The Bertz CT molecular complexity index is 447. The molecule has 0 unspecified atom stereocenters. The summed E-state index contributed by atoms with van der Waals surface area (Å²) >= 11 is -2.06. The van der Waals surface area contributed by atoms with Gasteiger partial charge in [0.2, 0.25) is 0 Å². The van der Waals surface area contributed by atoms with Crippen LogP contribution in [-0.2, 0) is 11.3 Å². The average molecular weight is 465 g/mol. The Morgan fingerprint density at radius 3 is 1.92 bits per heavy atom. The molecular weight excluding hydrogens is 423 g/mol. The molecule has 1 nitrogen and oxygen atoms in total. The van der Waals surface area contributed by atoms with Crippen molar-refractivity contribution in [2.24, 2.45) is 0 Å². The van der Waals surface area contributed by atoms with Gasteiger partial charge in [0.1, 0.15) is 0 Å². The number of hydrogen-bond donors (Lipinski definition) is 0. The monoisotopic (exact) mass is 466 g/mol. The Hall–Kier alpha value is -0.281. The summed E-state index contributed by atoms with van der Waals surface area (Å²) in [5.41, 5.74) is 2.75. The van der Waals surface area contributed by atoms with E-state index in [1.165, 1.54) is 54.1 Å². The van der Waals surface area contributed by atoms with Crippen LogP contribution in [0.25, 0.3) is 0 Å². The van der Waals surface area contributed by atoms with E-state index in [4.69, 9.17) is 4.74 Å². The summed E-state index contributed by atoms with van der Waals surface area (Å²) in [6, 6.07) is 10.5. The number of unbranched alkanes of at least 4 members (excludes halogenated alkanes) is 3.